The first-order chi connectivity index (χ1) is 7.22. The van der Waals surface area contributed by atoms with E-state index in [4.69, 9.17) is 4.74 Å². The van der Waals surface area contributed by atoms with E-state index in [1.165, 1.54) is 24.0 Å². The molecule has 0 spiro atoms. The fourth-order valence-corrected chi connectivity index (χ4v) is 2.21. The lowest BCUT2D eigenvalue weighted by Gasteiger charge is -2.18. The minimum Gasteiger partial charge on any atom is -0.494 e. The number of hydrogen-bond donors (Lipinski definition) is 1. The monoisotopic (exact) mass is 205 g/mol. The largest absolute Gasteiger partial charge is 0.494 e. The van der Waals surface area contributed by atoms with Crippen LogP contribution in [-0.2, 0) is 5.54 Å². The maximum Gasteiger partial charge on any atom is 0.119 e. The summed E-state index contributed by atoms with van der Waals surface area (Å²) in [7, 11) is 2.04. The van der Waals surface area contributed by atoms with Gasteiger partial charge in [-0.3, -0.25) is 0 Å². The van der Waals surface area contributed by atoms with Gasteiger partial charge in [0.1, 0.15) is 5.75 Å². The Labute approximate surface area is 91.6 Å². The molecule has 82 valence electrons. The molecule has 2 heteroatoms. The van der Waals surface area contributed by atoms with Gasteiger partial charge in [-0.2, -0.15) is 0 Å². The molecule has 2 rings (SSSR count). The predicted molar refractivity (Wildman–Crippen MR) is 62.3 cm³/mol. The Kier molecular flexibility index (Phi) is 2.70. The van der Waals surface area contributed by atoms with Crippen LogP contribution < -0.4 is 10.1 Å². The Morgan fingerprint density at radius 3 is 2.60 bits per heavy atom. The molecule has 0 atom stereocenters. The highest BCUT2D eigenvalue weighted by molar-refractivity contribution is 5.41. The summed E-state index contributed by atoms with van der Waals surface area (Å²) in [6, 6.07) is 6.41. The third-order valence-corrected chi connectivity index (χ3v) is 3.25. The standard InChI is InChI=1S/C13H19NO/c1-4-15-11-5-6-12(10(2)9-11)13(14-3)7-8-13/h5-6,9,14H,4,7-8H2,1-3H3. The van der Waals surface area contributed by atoms with Gasteiger partial charge in [0.15, 0.2) is 0 Å². The summed E-state index contributed by atoms with van der Waals surface area (Å²) in [6.45, 7) is 4.91. The van der Waals surface area contributed by atoms with Crippen molar-refractivity contribution in [3.8, 4) is 5.75 Å². The molecule has 0 amide bonds. The quantitative estimate of drug-likeness (QED) is 0.815. The fraction of sp³-hybridized carbons (Fsp3) is 0.538. The topological polar surface area (TPSA) is 21.3 Å². The van der Waals surface area contributed by atoms with Gasteiger partial charge < -0.3 is 10.1 Å². The molecule has 1 aromatic carbocycles. The highest BCUT2D eigenvalue weighted by atomic mass is 16.5. The van der Waals surface area contributed by atoms with Crippen LogP contribution in [0.3, 0.4) is 0 Å². The van der Waals surface area contributed by atoms with Gasteiger partial charge in [0.2, 0.25) is 0 Å². The van der Waals surface area contributed by atoms with E-state index < -0.39 is 0 Å². The highest BCUT2D eigenvalue weighted by Gasteiger charge is 2.43. The van der Waals surface area contributed by atoms with Gasteiger partial charge in [0, 0.05) is 5.54 Å². The minimum atomic E-state index is 0.259. The van der Waals surface area contributed by atoms with Crippen molar-refractivity contribution < 1.29 is 4.74 Å². The van der Waals surface area contributed by atoms with Crippen LogP contribution in [0, 0.1) is 6.92 Å². The number of ether oxygens (including phenoxy) is 1. The maximum absolute atomic E-state index is 5.49. The fourth-order valence-electron chi connectivity index (χ4n) is 2.21. The van der Waals surface area contributed by atoms with Crippen molar-refractivity contribution in [3.05, 3.63) is 29.3 Å². The molecule has 0 bridgehead atoms. The van der Waals surface area contributed by atoms with Crippen LogP contribution in [0.4, 0.5) is 0 Å². The van der Waals surface area contributed by atoms with Crippen LogP contribution in [0.25, 0.3) is 0 Å². The second-order valence-electron chi connectivity index (χ2n) is 4.24. The molecule has 0 heterocycles. The molecule has 2 nitrogen and oxygen atoms in total. The molecule has 1 saturated carbocycles. The van der Waals surface area contributed by atoms with E-state index in [9.17, 15) is 0 Å². The predicted octanol–water partition coefficient (Wildman–Crippen LogP) is 2.60. The van der Waals surface area contributed by atoms with Crippen molar-refractivity contribution in [1.29, 1.82) is 0 Å². The van der Waals surface area contributed by atoms with Gasteiger partial charge in [0.25, 0.3) is 0 Å². The van der Waals surface area contributed by atoms with Crippen molar-refractivity contribution in [2.45, 2.75) is 32.2 Å². The third kappa shape index (κ3) is 1.86. The summed E-state index contributed by atoms with van der Waals surface area (Å²) in [6.07, 6.45) is 2.50. The van der Waals surface area contributed by atoms with Crippen molar-refractivity contribution in [1.82, 2.24) is 5.32 Å². The van der Waals surface area contributed by atoms with Crippen LogP contribution in [0.2, 0.25) is 0 Å². The van der Waals surface area contributed by atoms with E-state index in [0.29, 0.717) is 0 Å². The minimum absolute atomic E-state index is 0.259. The smallest absolute Gasteiger partial charge is 0.119 e. The number of benzene rings is 1. The lowest BCUT2D eigenvalue weighted by molar-refractivity contribution is 0.339. The average Bonchev–Trinajstić information content (AvgIpc) is 2.99. The summed E-state index contributed by atoms with van der Waals surface area (Å²) in [5.74, 6) is 0.977. The molecule has 1 aromatic rings. The van der Waals surface area contributed by atoms with Crippen molar-refractivity contribution in [2.75, 3.05) is 13.7 Å². The molecule has 0 radical (unpaired) electrons. The molecule has 0 unspecified atom stereocenters. The van der Waals surface area contributed by atoms with Crippen molar-refractivity contribution in [2.24, 2.45) is 0 Å². The van der Waals surface area contributed by atoms with Gasteiger partial charge >= 0.3 is 0 Å². The van der Waals surface area contributed by atoms with Crippen molar-refractivity contribution >= 4 is 0 Å². The first kappa shape index (κ1) is 10.5. The van der Waals surface area contributed by atoms with Gasteiger partial charge in [-0.1, -0.05) is 6.07 Å². The van der Waals surface area contributed by atoms with Crippen LogP contribution >= 0.6 is 0 Å². The van der Waals surface area contributed by atoms with Gasteiger partial charge in [-0.15, -0.1) is 0 Å². The number of aryl methyl sites for hydroxylation is 1. The second-order valence-corrected chi connectivity index (χ2v) is 4.24. The molecule has 1 aliphatic rings. The van der Waals surface area contributed by atoms with Gasteiger partial charge in [0.05, 0.1) is 6.61 Å². The number of nitrogens with one attached hydrogen (secondary N) is 1. The number of hydrogen-bond acceptors (Lipinski definition) is 2. The Hall–Kier alpha value is -1.02. The summed E-state index contributed by atoms with van der Waals surface area (Å²) >= 11 is 0. The van der Waals surface area contributed by atoms with Crippen LogP contribution in [-0.4, -0.2) is 13.7 Å². The lowest BCUT2D eigenvalue weighted by Crippen LogP contribution is -2.25. The summed E-state index contributed by atoms with van der Waals surface area (Å²) in [4.78, 5) is 0. The zero-order chi connectivity index (χ0) is 10.9. The van der Waals surface area contributed by atoms with E-state index in [1.807, 2.05) is 14.0 Å². The first-order valence-electron chi connectivity index (χ1n) is 5.65. The van der Waals surface area contributed by atoms with E-state index in [1.54, 1.807) is 0 Å². The lowest BCUT2D eigenvalue weighted by atomic mass is 9.99. The second kappa shape index (κ2) is 3.86. The third-order valence-electron chi connectivity index (χ3n) is 3.25. The molecule has 15 heavy (non-hydrogen) atoms. The normalized spacial score (nSPS) is 17.5. The molecule has 1 aliphatic carbocycles. The van der Waals surface area contributed by atoms with E-state index in [-0.39, 0.29) is 5.54 Å². The zero-order valence-electron chi connectivity index (χ0n) is 9.76. The molecule has 0 aromatic heterocycles. The molecule has 0 aliphatic heterocycles. The van der Waals surface area contributed by atoms with Crippen LogP contribution in [0.15, 0.2) is 18.2 Å². The Morgan fingerprint density at radius 2 is 2.13 bits per heavy atom. The highest BCUT2D eigenvalue weighted by Crippen LogP contribution is 2.46. The van der Waals surface area contributed by atoms with Gasteiger partial charge in [-0.05, 0) is 57.0 Å². The molecule has 1 N–H and O–H groups in total. The van der Waals surface area contributed by atoms with E-state index in [0.717, 1.165) is 12.4 Å². The maximum atomic E-state index is 5.49. The number of rotatable bonds is 4. The summed E-state index contributed by atoms with van der Waals surface area (Å²) < 4.78 is 5.49. The van der Waals surface area contributed by atoms with Gasteiger partial charge in [-0.25, -0.2) is 0 Å². The Morgan fingerprint density at radius 1 is 1.40 bits per heavy atom. The Bertz CT molecular complexity index is 356. The molecule has 1 fully saturated rings. The summed E-state index contributed by atoms with van der Waals surface area (Å²) in [5, 5.41) is 3.42. The molecule has 0 saturated heterocycles. The SMILES string of the molecule is CCOc1ccc(C2(NC)CC2)c(C)c1. The van der Waals surface area contributed by atoms with Crippen LogP contribution in [0.5, 0.6) is 5.75 Å². The van der Waals surface area contributed by atoms with E-state index >= 15 is 0 Å². The van der Waals surface area contributed by atoms with Crippen molar-refractivity contribution in [3.63, 3.8) is 0 Å². The molecular formula is C13H19NO. The zero-order valence-corrected chi connectivity index (χ0v) is 9.76. The van der Waals surface area contributed by atoms with E-state index in [2.05, 4.69) is 30.4 Å². The molecular weight excluding hydrogens is 186 g/mol. The first-order valence-corrected chi connectivity index (χ1v) is 5.65. The summed E-state index contributed by atoms with van der Waals surface area (Å²) in [5.41, 5.74) is 3.01. The Balaban J connectivity index is 2.27. The average molecular weight is 205 g/mol. The van der Waals surface area contributed by atoms with Crippen LogP contribution in [0.1, 0.15) is 30.9 Å².